The molecule has 0 saturated carbocycles. The van der Waals surface area contributed by atoms with Crippen molar-refractivity contribution in [1.82, 2.24) is 0 Å². The molecule has 0 saturated heterocycles. The normalized spacial score (nSPS) is 10.5. The highest BCUT2D eigenvalue weighted by Gasteiger charge is 2.01. The molecule has 0 amide bonds. The van der Waals surface area contributed by atoms with Gasteiger partial charge in [-0.1, -0.05) is 13.8 Å². The van der Waals surface area contributed by atoms with E-state index in [2.05, 4.69) is 13.8 Å². The SMILES string of the molecule is Cc1cc(O)ccc1OCC(C)C. The van der Waals surface area contributed by atoms with E-state index >= 15 is 0 Å². The highest BCUT2D eigenvalue weighted by atomic mass is 16.5. The van der Waals surface area contributed by atoms with Crippen molar-refractivity contribution in [1.29, 1.82) is 0 Å². The van der Waals surface area contributed by atoms with Crippen LogP contribution in [0.15, 0.2) is 18.2 Å². The van der Waals surface area contributed by atoms with Gasteiger partial charge in [0.15, 0.2) is 0 Å². The van der Waals surface area contributed by atoms with Gasteiger partial charge >= 0.3 is 0 Å². The van der Waals surface area contributed by atoms with Crippen LogP contribution in [0.2, 0.25) is 0 Å². The van der Waals surface area contributed by atoms with E-state index in [0.29, 0.717) is 12.5 Å². The van der Waals surface area contributed by atoms with Crippen molar-refractivity contribution >= 4 is 0 Å². The minimum Gasteiger partial charge on any atom is -0.508 e. The summed E-state index contributed by atoms with van der Waals surface area (Å²) in [5, 5.41) is 9.16. The van der Waals surface area contributed by atoms with Gasteiger partial charge in [-0.05, 0) is 36.6 Å². The van der Waals surface area contributed by atoms with E-state index in [1.54, 1.807) is 18.2 Å². The molecule has 13 heavy (non-hydrogen) atoms. The van der Waals surface area contributed by atoms with Crippen LogP contribution in [0.4, 0.5) is 0 Å². The van der Waals surface area contributed by atoms with Crippen molar-refractivity contribution in [2.24, 2.45) is 5.92 Å². The van der Waals surface area contributed by atoms with Crippen LogP contribution in [0.3, 0.4) is 0 Å². The first-order valence-corrected chi connectivity index (χ1v) is 4.52. The van der Waals surface area contributed by atoms with Gasteiger partial charge in [0.2, 0.25) is 0 Å². The lowest BCUT2D eigenvalue weighted by Gasteiger charge is -2.10. The molecule has 1 aromatic rings. The number of aryl methyl sites for hydroxylation is 1. The fraction of sp³-hybridized carbons (Fsp3) is 0.455. The Hall–Kier alpha value is -1.18. The fourth-order valence-corrected chi connectivity index (χ4v) is 1.05. The molecule has 0 fully saturated rings. The van der Waals surface area contributed by atoms with Crippen molar-refractivity contribution in [3.8, 4) is 11.5 Å². The zero-order valence-corrected chi connectivity index (χ0v) is 8.37. The first-order valence-electron chi connectivity index (χ1n) is 4.52. The maximum Gasteiger partial charge on any atom is 0.122 e. The molecule has 0 spiro atoms. The van der Waals surface area contributed by atoms with E-state index in [-0.39, 0.29) is 5.75 Å². The topological polar surface area (TPSA) is 29.5 Å². The van der Waals surface area contributed by atoms with Gasteiger partial charge in [-0.3, -0.25) is 0 Å². The number of hydrogen-bond donors (Lipinski definition) is 1. The molecule has 0 aliphatic rings. The Bertz CT molecular complexity index is 279. The second-order valence-electron chi connectivity index (χ2n) is 3.65. The highest BCUT2D eigenvalue weighted by Crippen LogP contribution is 2.22. The minimum atomic E-state index is 0.286. The third-order valence-electron chi connectivity index (χ3n) is 1.73. The zero-order chi connectivity index (χ0) is 9.84. The van der Waals surface area contributed by atoms with Crippen molar-refractivity contribution in [2.45, 2.75) is 20.8 Å². The van der Waals surface area contributed by atoms with Crippen LogP contribution in [0.5, 0.6) is 11.5 Å². The molecule has 0 unspecified atom stereocenters. The largest absolute Gasteiger partial charge is 0.508 e. The molecular formula is C11H16O2. The van der Waals surface area contributed by atoms with Crippen LogP contribution in [0.1, 0.15) is 19.4 Å². The second kappa shape index (κ2) is 4.17. The molecule has 0 atom stereocenters. The molecule has 1 N–H and O–H groups in total. The minimum absolute atomic E-state index is 0.286. The lowest BCUT2D eigenvalue weighted by Crippen LogP contribution is -2.05. The first kappa shape index (κ1) is 9.90. The van der Waals surface area contributed by atoms with E-state index in [1.165, 1.54) is 0 Å². The molecule has 2 heteroatoms. The standard InChI is InChI=1S/C11H16O2/c1-8(2)7-13-11-5-4-10(12)6-9(11)3/h4-6,8,12H,7H2,1-3H3. The van der Waals surface area contributed by atoms with E-state index in [4.69, 9.17) is 9.84 Å². The van der Waals surface area contributed by atoms with E-state index in [0.717, 1.165) is 11.3 Å². The monoisotopic (exact) mass is 180 g/mol. The Balaban J connectivity index is 2.67. The molecule has 0 aliphatic carbocycles. The van der Waals surface area contributed by atoms with Crippen molar-refractivity contribution in [3.63, 3.8) is 0 Å². The molecule has 2 nitrogen and oxygen atoms in total. The van der Waals surface area contributed by atoms with Crippen molar-refractivity contribution < 1.29 is 9.84 Å². The second-order valence-corrected chi connectivity index (χ2v) is 3.65. The van der Waals surface area contributed by atoms with Gasteiger partial charge in [0.1, 0.15) is 11.5 Å². The Labute approximate surface area is 79.2 Å². The van der Waals surface area contributed by atoms with Crippen LogP contribution < -0.4 is 4.74 Å². The Morgan fingerprint density at radius 2 is 2.08 bits per heavy atom. The number of ether oxygens (including phenoxy) is 1. The molecule has 0 aromatic heterocycles. The summed E-state index contributed by atoms with van der Waals surface area (Å²) in [6.45, 7) is 6.85. The van der Waals surface area contributed by atoms with Gasteiger partial charge in [0, 0.05) is 0 Å². The predicted molar refractivity (Wildman–Crippen MR) is 53.2 cm³/mol. The summed E-state index contributed by atoms with van der Waals surface area (Å²) in [5.74, 6) is 1.66. The first-order chi connectivity index (χ1) is 6.09. The smallest absolute Gasteiger partial charge is 0.122 e. The predicted octanol–water partition coefficient (Wildman–Crippen LogP) is 2.74. The summed E-state index contributed by atoms with van der Waals surface area (Å²) in [5.41, 5.74) is 0.973. The quantitative estimate of drug-likeness (QED) is 0.775. The third-order valence-corrected chi connectivity index (χ3v) is 1.73. The highest BCUT2D eigenvalue weighted by molar-refractivity contribution is 5.38. The van der Waals surface area contributed by atoms with Gasteiger partial charge in [-0.2, -0.15) is 0 Å². The van der Waals surface area contributed by atoms with Crippen LogP contribution in [0, 0.1) is 12.8 Å². The number of aromatic hydroxyl groups is 1. The van der Waals surface area contributed by atoms with E-state index in [1.807, 2.05) is 6.92 Å². The number of hydrogen-bond acceptors (Lipinski definition) is 2. The molecule has 72 valence electrons. The summed E-state index contributed by atoms with van der Waals surface area (Å²) in [4.78, 5) is 0. The number of rotatable bonds is 3. The number of benzene rings is 1. The number of phenols is 1. The molecule has 0 aliphatic heterocycles. The average Bonchev–Trinajstić information content (AvgIpc) is 2.02. The van der Waals surface area contributed by atoms with E-state index in [9.17, 15) is 0 Å². The molecular weight excluding hydrogens is 164 g/mol. The zero-order valence-electron chi connectivity index (χ0n) is 8.37. The van der Waals surface area contributed by atoms with Gasteiger partial charge in [-0.15, -0.1) is 0 Å². The average molecular weight is 180 g/mol. The molecule has 0 bridgehead atoms. The van der Waals surface area contributed by atoms with Crippen LogP contribution in [-0.4, -0.2) is 11.7 Å². The van der Waals surface area contributed by atoms with Gasteiger partial charge in [-0.25, -0.2) is 0 Å². The van der Waals surface area contributed by atoms with Crippen LogP contribution in [-0.2, 0) is 0 Å². The summed E-state index contributed by atoms with van der Waals surface area (Å²) < 4.78 is 5.54. The molecule has 0 heterocycles. The summed E-state index contributed by atoms with van der Waals surface area (Å²) in [6, 6.07) is 5.14. The van der Waals surface area contributed by atoms with Crippen LogP contribution in [0.25, 0.3) is 0 Å². The molecule has 1 rings (SSSR count). The van der Waals surface area contributed by atoms with Gasteiger partial charge < -0.3 is 9.84 Å². The maximum absolute atomic E-state index is 9.16. The summed E-state index contributed by atoms with van der Waals surface area (Å²) >= 11 is 0. The Morgan fingerprint density at radius 3 is 2.62 bits per heavy atom. The van der Waals surface area contributed by atoms with Crippen molar-refractivity contribution in [2.75, 3.05) is 6.61 Å². The van der Waals surface area contributed by atoms with Crippen molar-refractivity contribution in [3.05, 3.63) is 23.8 Å². The fourth-order valence-electron chi connectivity index (χ4n) is 1.05. The molecule has 0 radical (unpaired) electrons. The van der Waals surface area contributed by atoms with Gasteiger partial charge in [0.25, 0.3) is 0 Å². The maximum atomic E-state index is 9.16. The van der Waals surface area contributed by atoms with Crippen LogP contribution >= 0.6 is 0 Å². The third kappa shape index (κ3) is 2.98. The summed E-state index contributed by atoms with van der Waals surface area (Å²) in [7, 11) is 0. The van der Waals surface area contributed by atoms with Gasteiger partial charge in [0.05, 0.1) is 6.61 Å². The Morgan fingerprint density at radius 1 is 1.38 bits per heavy atom. The molecule has 1 aromatic carbocycles. The number of phenolic OH excluding ortho intramolecular Hbond substituents is 1. The summed E-state index contributed by atoms with van der Waals surface area (Å²) in [6.07, 6.45) is 0. The lowest BCUT2D eigenvalue weighted by molar-refractivity contribution is 0.269. The van der Waals surface area contributed by atoms with E-state index < -0.39 is 0 Å². The lowest BCUT2D eigenvalue weighted by atomic mass is 10.2. The Kier molecular flexibility index (Phi) is 3.18.